The highest BCUT2D eigenvalue weighted by molar-refractivity contribution is 7.47. The van der Waals surface area contributed by atoms with Crippen LogP contribution >= 0.6 is 15.6 Å². The van der Waals surface area contributed by atoms with Gasteiger partial charge in [-0.05, 0) is 6.07 Å². The zero-order valence-electron chi connectivity index (χ0n) is 22.5. The molecule has 4 aromatic heterocycles. The largest absolute Gasteiger partial charge is 0.472 e. The Kier molecular flexibility index (Phi) is 7.30. The summed E-state index contributed by atoms with van der Waals surface area (Å²) >= 11 is 0. The number of hydrogen-bond donors (Lipinski definition) is 6. The quantitative estimate of drug-likeness (QED) is 0.142. The van der Waals surface area contributed by atoms with Crippen LogP contribution in [0, 0.1) is 0 Å². The lowest BCUT2D eigenvalue weighted by molar-refractivity contribution is -0.0674. The van der Waals surface area contributed by atoms with E-state index in [9.17, 15) is 28.8 Å². The summed E-state index contributed by atoms with van der Waals surface area (Å²) in [6.07, 6.45) is -10.2. The number of phosphoric ester groups is 2. The molecule has 0 radical (unpaired) electrons. The van der Waals surface area contributed by atoms with Crippen LogP contribution in [0.4, 0.5) is 16.0 Å². The van der Waals surface area contributed by atoms with Crippen molar-refractivity contribution in [1.29, 1.82) is 0 Å². The number of halogens is 1. The lowest BCUT2D eigenvalue weighted by Gasteiger charge is -2.25. The van der Waals surface area contributed by atoms with Gasteiger partial charge in [0.1, 0.15) is 36.0 Å². The van der Waals surface area contributed by atoms with Gasteiger partial charge in [0.2, 0.25) is 5.95 Å². The van der Waals surface area contributed by atoms with Gasteiger partial charge < -0.3 is 35.8 Å². The van der Waals surface area contributed by atoms with Gasteiger partial charge in [0, 0.05) is 6.20 Å². The number of nitrogens with two attached hydrogens (primary N) is 2. The van der Waals surface area contributed by atoms with E-state index in [-0.39, 0.29) is 34.0 Å². The Labute approximate surface area is 249 Å². The van der Waals surface area contributed by atoms with Crippen molar-refractivity contribution in [2.24, 2.45) is 0 Å². The highest BCUT2D eigenvalue weighted by Gasteiger charge is 2.54. The third-order valence-corrected chi connectivity index (χ3v) is 9.35. The van der Waals surface area contributed by atoms with Crippen LogP contribution in [0.1, 0.15) is 12.5 Å². The number of imidazole rings is 2. The van der Waals surface area contributed by atoms with Crippen LogP contribution in [0.2, 0.25) is 0 Å². The molecule has 45 heavy (non-hydrogen) atoms. The molecule has 0 aliphatic carbocycles. The van der Waals surface area contributed by atoms with Crippen molar-refractivity contribution >= 4 is 49.6 Å². The summed E-state index contributed by atoms with van der Waals surface area (Å²) in [7, 11) is -10.3. The maximum atomic E-state index is 15.8. The zero-order chi connectivity index (χ0) is 31.8. The van der Waals surface area contributed by atoms with Crippen molar-refractivity contribution in [3.8, 4) is 0 Å². The predicted molar refractivity (Wildman–Crippen MR) is 145 cm³/mol. The fourth-order valence-electron chi connectivity index (χ4n) is 5.33. The molecule has 10 atom stereocenters. The van der Waals surface area contributed by atoms with E-state index in [4.69, 9.17) is 39.0 Å². The molecule has 24 heteroatoms. The van der Waals surface area contributed by atoms with Gasteiger partial charge in [-0.3, -0.25) is 37.0 Å². The van der Waals surface area contributed by atoms with Gasteiger partial charge in [-0.2, -0.15) is 4.98 Å². The Bertz CT molecular complexity index is 1940. The average molecular weight is 675 g/mol. The molecular weight excluding hydrogens is 651 g/mol. The van der Waals surface area contributed by atoms with Gasteiger partial charge in [0.15, 0.2) is 35.4 Å². The minimum Gasteiger partial charge on any atom is -0.397 e. The minimum absolute atomic E-state index is 0.160. The standard InChI is InChI=1S/C21H24FN9O12P2/c22-10-8-3-38-45(36,37)43-15-13(32)9(41-20(15)30-5-26-11-7(23)1-2-25-16(11)30)4-39-44(34,35)42-14(10)19(40-8)31-6-27-12-17(31)28-21(24)29-18(12)33/h1-2,5-6,8-10,13-15,19-20,32H,3-4H2,(H2,23,25)(H,34,35)(H,36,37)(H3,24,28,29,33)/t8-,9-,10-,13-,14-,15-,19-,20-/m1/s1. The molecule has 3 fully saturated rings. The Morgan fingerprint density at radius 1 is 0.911 bits per heavy atom. The highest BCUT2D eigenvalue weighted by atomic mass is 31.2. The maximum Gasteiger partial charge on any atom is 0.472 e. The minimum atomic E-state index is -5.17. The van der Waals surface area contributed by atoms with Crippen LogP contribution in [0.15, 0.2) is 29.7 Å². The summed E-state index contributed by atoms with van der Waals surface area (Å²) in [6, 6.07) is 1.49. The second kappa shape index (κ2) is 10.9. The Morgan fingerprint density at radius 3 is 2.24 bits per heavy atom. The molecule has 0 aromatic carbocycles. The van der Waals surface area contributed by atoms with Gasteiger partial charge in [0.25, 0.3) is 5.56 Å². The van der Waals surface area contributed by atoms with Crippen molar-refractivity contribution in [1.82, 2.24) is 34.1 Å². The predicted octanol–water partition coefficient (Wildman–Crippen LogP) is -0.759. The van der Waals surface area contributed by atoms with Crippen LogP contribution in [-0.4, -0.2) is 98.9 Å². The van der Waals surface area contributed by atoms with Gasteiger partial charge in [-0.25, -0.2) is 28.5 Å². The first kappa shape index (κ1) is 30.3. The monoisotopic (exact) mass is 675 g/mol. The number of aliphatic hydroxyl groups excluding tert-OH is 1. The summed E-state index contributed by atoms with van der Waals surface area (Å²) < 4.78 is 76.4. The second-order valence-corrected chi connectivity index (χ2v) is 13.0. The smallest absolute Gasteiger partial charge is 0.397 e. The number of aliphatic hydroxyl groups is 1. The first-order valence-corrected chi connectivity index (χ1v) is 16.0. The number of alkyl halides is 1. The molecule has 4 bridgehead atoms. The van der Waals surface area contributed by atoms with Gasteiger partial charge in [-0.15, -0.1) is 0 Å². The van der Waals surface area contributed by atoms with E-state index in [1.807, 2.05) is 0 Å². The number of hydrogen-bond acceptors (Lipinski definition) is 16. The van der Waals surface area contributed by atoms with Crippen molar-refractivity contribution in [3.63, 3.8) is 0 Å². The molecule has 8 N–H and O–H groups in total. The number of anilines is 2. The van der Waals surface area contributed by atoms with Crippen molar-refractivity contribution < 1.29 is 56.0 Å². The molecule has 0 spiro atoms. The third-order valence-electron chi connectivity index (χ3n) is 7.38. The van der Waals surface area contributed by atoms with Crippen LogP contribution in [0.25, 0.3) is 22.3 Å². The summed E-state index contributed by atoms with van der Waals surface area (Å²) in [4.78, 5) is 52.0. The number of nitrogens with one attached hydrogen (secondary N) is 1. The lowest BCUT2D eigenvalue weighted by Crippen LogP contribution is -2.36. The molecule has 7 rings (SSSR count). The number of phosphoric acid groups is 2. The van der Waals surface area contributed by atoms with Crippen LogP contribution in [-0.2, 0) is 36.7 Å². The molecule has 0 saturated carbocycles. The molecule has 3 aliphatic rings. The van der Waals surface area contributed by atoms with Crippen LogP contribution in [0.5, 0.6) is 0 Å². The van der Waals surface area contributed by atoms with Crippen molar-refractivity contribution in [3.05, 3.63) is 35.3 Å². The molecule has 21 nitrogen and oxygen atoms in total. The lowest BCUT2D eigenvalue weighted by atomic mass is 10.1. The highest BCUT2D eigenvalue weighted by Crippen LogP contribution is 2.54. The SMILES string of the molecule is Nc1nc2c(ncn2[C@@H]2O[C@@H]3COP(=O)(O)O[C@@H]4[C@H](O)[C@@H](COP(=O)(O)O[C@@H]2[C@@H]3F)O[C@H]4n2cnc3c(N)ccnc32)c(=O)[nH]1. The van der Waals surface area contributed by atoms with Gasteiger partial charge in [0.05, 0.1) is 31.6 Å². The second-order valence-electron chi connectivity index (χ2n) is 10.2. The zero-order valence-corrected chi connectivity index (χ0v) is 24.3. The number of pyridine rings is 1. The van der Waals surface area contributed by atoms with E-state index in [0.717, 1.165) is 10.9 Å². The Morgan fingerprint density at radius 2 is 1.51 bits per heavy atom. The van der Waals surface area contributed by atoms with Gasteiger partial charge in [-0.1, -0.05) is 0 Å². The van der Waals surface area contributed by atoms with Crippen LogP contribution in [0.3, 0.4) is 0 Å². The number of nitrogen functional groups attached to an aromatic ring is 2. The molecule has 7 heterocycles. The fourth-order valence-corrected chi connectivity index (χ4v) is 7.19. The maximum absolute atomic E-state index is 15.8. The van der Waals surface area contributed by atoms with Crippen LogP contribution < -0.4 is 17.0 Å². The number of fused-ring (bicyclic) bond motifs is 6. The van der Waals surface area contributed by atoms with Crippen molar-refractivity contribution in [2.45, 2.75) is 49.1 Å². The molecular formula is C21H24FN9O12P2. The van der Waals surface area contributed by atoms with E-state index in [1.165, 1.54) is 23.2 Å². The molecule has 0 amide bonds. The summed E-state index contributed by atoms with van der Waals surface area (Å²) in [5.41, 5.74) is 11.1. The molecule has 2 unspecified atom stereocenters. The van der Waals surface area contributed by atoms with E-state index in [0.29, 0.717) is 0 Å². The summed E-state index contributed by atoms with van der Waals surface area (Å²) in [5, 5.41) is 11.0. The number of H-pyrrole nitrogens is 1. The summed E-state index contributed by atoms with van der Waals surface area (Å²) in [5.74, 6) is -0.316. The molecule has 3 saturated heterocycles. The molecule has 4 aromatic rings. The number of rotatable bonds is 2. The molecule has 3 aliphatic heterocycles. The number of ether oxygens (including phenoxy) is 2. The first-order chi connectivity index (χ1) is 21.3. The Balaban J connectivity index is 1.23. The van der Waals surface area contributed by atoms with E-state index >= 15 is 4.39 Å². The first-order valence-electron chi connectivity index (χ1n) is 13.1. The molecule has 242 valence electrons. The number of aromatic nitrogens is 7. The number of nitrogens with zero attached hydrogens (tertiary/aromatic N) is 6. The van der Waals surface area contributed by atoms with Crippen molar-refractivity contribution in [2.75, 3.05) is 24.7 Å². The van der Waals surface area contributed by atoms with Gasteiger partial charge >= 0.3 is 15.6 Å². The van der Waals surface area contributed by atoms with E-state index in [1.54, 1.807) is 0 Å². The van der Waals surface area contributed by atoms with E-state index < -0.39 is 83.6 Å². The van der Waals surface area contributed by atoms with E-state index in [2.05, 4.69) is 24.9 Å². The third kappa shape index (κ3) is 5.32. The average Bonchev–Trinajstić information content (AvgIpc) is 3.72. The Hall–Kier alpha value is -3.40. The fraction of sp³-hybridized carbons (Fsp3) is 0.476. The summed E-state index contributed by atoms with van der Waals surface area (Å²) in [6.45, 7) is -1.79. The normalized spacial score (nSPS) is 37.7. The number of aromatic amines is 1. The topological polar surface area (TPSA) is 297 Å².